The van der Waals surface area contributed by atoms with Crippen LogP contribution in [-0.2, 0) is 4.79 Å². The van der Waals surface area contributed by atoms with Crippen LogP contribution in [0.5, 0.6) is 0 Å². The fraction of sp³-hybridized carbons (Fsp3) is 0.588. The van der Waals surface area contributed by atoms with Gasteiger partial charge in [0.15, 0.2) is 5.78 Å². The number of carbonyl (C=O) groups is 2. The van der Waals surface area contributed by atoms with Crippen LogP contribution >= 0.6 is 0 Å². The number of likely N-dealkylation sites (tertiary alicyclic amines) is 1. The summed E-state index contributed by atoms with van der Waals surface area (Å²) < 4.78 is 13.1. The third-order valence-corrected chi connectivity index (χ3v) is 4.55. The summed E-state index contributed by atoms with van der Waals surface area (Å²) in [5, 5.41) is 0. The number of nitrogens with two attached hydrogens (primary N) is 1. The Kier molecular flexibility index (Phi) is 5.82. The van der Waals surface area contributed by atoms with Gasteiger partial charge in [-0.05, 0) is 43.7 Å². The van der Waals surface area contributed by atoms with E-state index in [1.165, 1.54) is 12.1 Å². The zero-order chi connectivity index (χ0) is 17.0. The van der Waals surface area contributed by atoms with Gasteiger partial charge in [0.1, 0.15) is 5.69 Å². The Morgan fingerprint density at radius 2 is 2.00 bits per heavy atom. The van der Waals surface area contributed by atoms with Crippen molar-refractivity contribution in [3.05, 3.63) is 29.8 Å². The van der Waals surface area contributed by atoms with E-state index in [2.05, 4.69) is 4.98 Å². The summed E-state index contributed by atoms with van der Waals surface area (Å²) in [6.07, 6.45) is 2.08. The van der Waals surface area contributed by atoms with Crippen LogP contribution in [0.2, 0.25) is 0 Å². The van der Waals surface area contributed by atoms with Gasteiger partial charge in [-0.15, -0.1) is 0 Å². The maximum atomic E-state index is 13.1. The van der Waals surface area contributed by atoms with E-state index < -0.39 is 12.0 Å². The average Bonchev–Trinajstić information content (AvgIpc) is 2.54. The number of carbonyl (C=O) groups excluding carboxylic acids is 2. The van der Waals surface area contributed by atoms with Gasteiger partial charge in [0.05, 0.1) is 6.04 Å². The first kappa shape index (κ1) is 17.5. The molecule has 0 bridgehead atoms. The molecule has 1 aliphatic heterocycles. The highest BCUT2D eigenvalue weighted by molar-refractivity contribution is 5.94. The van der Waals surface area contributed by atoms with E-state index in [1.54, 1.807) is 17.9 Å². The lowest BCUT2D eigenvalue weighted by molar-refractivity contribution is -0.133. The van der Waals surface area contributed by atoms with Crippen molar-refractivity contribution in [1.29, 1.82) is 0 Å². The molecule has 1 aromatic rings. The molecule has 0 aromatic carbocycles. The molecule has 0 aliphatic carbocycles. The number of ketones is 1. The van der Waals surface area contributed by atoms with Crippen molar-refractivity contribution in [3.63, 3.8) is 0 Å². The van der Waals surface area contributed by atoms with Crippen LogP contribution in [0.3, 0.4) is 0 Å². The van der Waals surface area contributed by atoms with Crippen molar-refractivity contribution in [2.24, 2.45) is 17.6 Å². The number of halogens is 1. The maximum absolute atomic E-state index is 13.1. The normalized spacial score (nSPS) is 18.5. The lowest BCUT2D eigenvalue weighted by Gasteiger charge is -2.35. The number of hydrogen-bond acceptors (Lipinski definition) is 4. The second-order valence-corrected chi connectivity index (χ2v) is 6.40. The summed E-state index contributed by atoms with van der Waals surface area (Å²) in [6.45, 7) is 5.09. The summed E-state index contributed by atoms with van der Waals surface area (Å²) in [7, 11) is 0. The molecule has 2 heterocycles. The Morgan fingerprint density at radius 3 is 2.57 bits per heavy atom. The summed E-state index contributed by atoms with van der Waals surface area (Å²) in [5.74, 6) is -0.224. The van der Waals surface area contributed by atoms with Crippen molar-refractivity contribution < 1.29 is 14.0 Å². The number of rotatable bonds is 5. The van der Waals surface area contributed by atoms with Gasteiger partial charge in [-0.1, -0.05) is 13.0 Å². The Balaban J connectivity index is 1.86. The molecule has 2 atom stereocenters. The standard InChI is InChI=1S/C17H24FN3O2/c1-11(10-15(22)14-4-3-5-16(18)20-14)13-6-8-21(9-7-13)17(23)12(2)19/h3-5,11-13H,6-10,19H2,1-2H3/t11?,12-/m0/s1. The van der Waals surface area contributed by atoms with Crippen LogP contribution in [0.25, 0.3) is 0 Å². The Hall–Kier alpha value is -1.82. The van der Waals surface area contributed by atoms with Gasteiger partial charge in [0.2, 0.25) is 11.9 Å². The van der Waals surface area contributed by atoms with Crippen LogP contribution in [0, 0.1) is 17.8 Å². The summed E-state index contributed by atoms with van der Waals surface area (Å²) in [4.78, 5) is 29.5. The number of Topliss-reactive ketones (excluding diaryl/α,β-unsaturated/α-hetero) is 1. The second kappa shape index (κ2) is 7.64. The third kappa shape index (κ3) is 4.58. The highest BCUT2D eigenvalue weighted by atomic mass is 19.1. The lowest BCUT2D eigenvalue weighted by atomic mass is 9.82. The van der Waals surface area contributed by atoms with Crippen LogP contribution in [0.1, 0.15) is 43.6 Å². The molecule has 1 saturated heterocycles. The van der Waals surface area contributed by atoms with Gasteiger partial charge in [0, 0.05) is 19.5 Å². The fourth-order valence-corrected chi connectivity index (χ4v) is 3.10. The predicted molar refractivity (Wildman–Crippen MR) is 85.3 cm³/mol. The molecule has 1 aromatic heterocycles. The number of pyridine rings is 1. The number of hydrogen-bond donors (Lipinski definition) is 1. The fourth-order valence-electron chi connectivity index (χ4n) is 3.10. The lowest BCUT2D eigenvalue weighted by Crippen LogP contribution is -2.46. The minimum absolute atomic E-state index is 0.0175. The number of aromatic nitrogens is 1. The molecule has 2 rings (SSSR count). The molecule has 6 heteroatoms. The molecular formula is C17H24FN3O2. The smallest absolute Gasteiger partial charge is 0.239 e. The van der Waals surface area contributed by atoms with E-state index in [9.17, 15) is 14.0 Å². The van der Waals surface area contributed by atoms with E-state index in [0.717, 1.165) is 12.8 Å². The van der Waals surface area contributed by atoms with Crippen LogP contribution < -0.4 is 5.73 Å². The number of nitrogens with zero attached hydrogens (tertiary/aromatic N) is 2. The van der Waals surface area contributed by atoms with E-state index >= 15 is 0 Å². The third-order valence-electron chi connectivity index (χ3n) is 4.55. The monoisotopic (exact) mass is 321 g/mol. The van der Waals surface area contributed by atoms with E-state index in [4.69, 9.17) is 5.73 Å². The molecule has 1 unspecified atom stereocenters. The first-order valence-electron chi connectivity index (χ1n) is 8.08. The molecule has 2 N–H and O–H groups in total. The predicted octanol–water partition coefficient (Wildman–Crippen LogP) is 2.02. The number of piperidine rings is 1. The van der Waals surface area contributed by atoms with Gasteiger partial charge in [0.25, 0.3) is 0 Å². The van der Waals surface area contributed by atoms with Gasteiger partial charge >= 0.3 is 0 Å². The molecule has 0 radical (unpaired) electrons. The summed E-state index contributed by atoms with van der Waals surface area (Å²) >= 11 is 0. The molecule has 126 valence electrons. The average molecular weight is 321 g/mol. The molecule has 1 fully saturated rings. The van der Waals surface area contributed by atoms with Crippen molar-refractivity contribution in [1.82, 2.24) is 9.88 Å². The zero-order valence-corrected chi connectivity index (χ0v) is 13.7. The van der Waals surface area contributed by atoms with Gasteiger partial charge in [-0.25, -0.2) is 4.98 Å². The topological polar surface area (TPSA) is 76.3 Å². The highest BCUT2D eigenvalue weighted by Gasteiger charge is 2.28. The van der Waals surface area contributed by atoms with Crippen LogP contribution in [0.15, 0.2) is 18.2 Å². The molecule has 23 heavy (non-hydrogen) atoms. The Morgan fingerprint density at radius 1 is 1.35 bits per heavy atom. The van der Waals surface area contributed by atoms with Crippen molar-refractivity contribution in [2.75, 3.05) is 13.1 Å². The van der Waals surface area contributed by atoms with E-state index in [0.29, 0.717) is 25.4 Å². The minimum atomic E-state index is -0.633. The SMILES string of the molecule is CC(CC(=O)c1cccc(F)n1)C1CCN(C(=O)[C@H](C)N)CC1. The van der Waals surface area contributed by atoms with Crippen LogP contribution in [0.4, 0.5) is 4.39 Å². The second-order valence-electron chi connectivity index (χ2n) is 6.40. The number of amides is 1. The molecule has 1 aliphatic rings. The largest absolute Gasteiger partial charge is 0.341 e. The van der Waals surface area contributed by atoms with Crippen molar-refractivity contribution in [2.45, 2.75) is 39.2 Å². The maximum Gasteiger partial charge on any atom is 0.239 e. The Labute approximate surface area is 136 Å². The molecule has 5 nitrogen and oxygen atoms in total. The summed E-state index contributed by atoms with van der Waals surface area (Å²) in [6, 6.07) is 3.80. The Bertz CT molecular complexity index is 569. The van der Waals surface area contributed by atoms with Gasteiger partial charge in [-0.3, -0.25) is 9.59 Å². The first-order chi connectivity index (χ1) is 10.9. The molecule has 0 saturated carbocycles. The van der Waals surface area contributed by atoms with E-state index in [-0.39, 0.29) is 23.3 Å². The van der Waals surface area contributed by atoms with Crippen LogP contribution in [-0.4, -0.2) is 40.7 Å². The minimum Gasteiger partial charge on any atom is -0.341 e. The first-order valence-corrected chi connectivity index (χ1v) is 8.08. The molecular weight excluding hydrogens is 297 g/mol. The molecule has 1 amide bonds. The van der Waals surface area contributed by atoms with E-state index in [1.807, 2.05) is 6.92 Å². The zero-order valence-electron chi connectivity index (χ0n) is 13.7. The van der Waals surface area contributed by atoms with Crippen molar-refractivity contribution in [3.8, 4) is 0 Å². The quantitative estimate of drug-likeness (QED) is 0.665. The summed E-state index contributed by atoms with van der Waals surface area (Å²) in [5.41, 5.74) is 5.81. The van der Waals surface area contributed by atoms with Gasteiger partial charge < -0.3 is 10.6 Å². The van der Waals surface area contributed by atoms with Crippen molar-refractivity contribution >= 4 is 11.7 Å². The van der Waals surface area contributed by atoms with Gasteiger partial charge in [-0.2, -0.15) is 4.39 Å². The highest BCUT2D eigenvalue weighted by Crippen LogP contribution is 2.28. The molecule has 0 spiro atoms.